The molecule has 1 heterocycles. The first-order valence-corrected chi connectivity index (χ1v) is 7.68. The highest BCUT2D eigenvalue weighted by molar-refractivity contribution is 6.22. The molecule has 126 valence electrons. The van der Waals surface area contributed by atoms with Crippen LogP contribution in [0.4, 0.5) is 18.9 Å². The lowest BCUT2D eigenvalue weighted by atomic mass is 9.82. The highest BCUT2D eigenvalue weighted by atomic mass is 19.4. The molecule has 3 aliphatic rings. The Hall–Kier alpha value is -2.31. The van der Waals surface area contributed by atoms with Crippen molar-refractivity contribution in [1.82, 2.24) is 0 Å². The van der Waals surface area contributed by atoms with E-state index in [0.717, 1.165) is 29.0 Å². The standard InChI is InChI=1S/C17H14F3NO3/c1-8-6-9-7-12(8)14-13(9)15(22)21(16(14)23)10-2-4-11(5-3-10)24-17(18,19)20/h2-6,9,12-14H,7H2,1H3/t9-,12+,13-,14-/m0/s1. The third-order valence-corrected chi connectivity index (χ3v) is 5.21. The topological polar surface area (TPSA) is 46.6 Å². The lowest BCUT2D eigenvalue weighted by Gasteiger charge is -2.19. The van der Waals surface area contributed by atoms with Crippen LogP contribution in [-0.4, -0.2) is 18.2 Å². The van der Waals surface area contributed by atoms with Crippen LogP contribution in [-0.2, 0) is 9.59 Å². The number of amides is 2. The molecule has 1 saturated heterocycles. The largest absolute Gasteiger partial charge is 0.573 e. The van der Waals surface area contributed by atoms with Gasteiger partial charge < -0.3 is 4.74 Å². The van der Waals surface area contributed by atoms with Crippen LogP contribution in [0.3, 0.4) is 0 Å². The SMILES string of the molecule is CC1=C[C@H]2C[C@H]1[C@@H]1C(=O)N(c3ccc(OC(F)(F)F)cc3)C(=O)[C@H]12. The van der Waals surface area contributed by atoms with Gasteiger partial charge in [-0.15, -0.1) is 13.2 Å². The van der Waals surface area contributed by atoms with Gasteiger partial charge in [-0.2, -0.15) is 0 Å². The molecule has 4 nitrogen and oxygen atoms in total. The summed E-state index contributed by atoms with van der Waals surface area (Å²) < 4.78 is 40.4. The van der Waals surface area contributed by atoms with Crippen LogP contribution in [0.1, 0.15) is 13.3 Å². The van der Waals surface area contributed by atoms with Gasteiger partial charge in [-0.25, -0.2) is 0 Å². The summed E-state index contributed by atoms with van der Waals surface area (Å²) >= 11 is 0. The number of benzene rings is 1. The van der Waals surface area contributed by atoms with Gasteiger partial charge in [0.15, 0.2) is 0 Å². The van der Waals surface area contributed by atoms with Crippen LogP contribution in [0.2, 0.25) is 0 Å². The van der Waals surface area contributed by atoms with E-state index in [2.05, 4.69) is 10.8 Å². The van der Waals surface area contributed by atoms with Crippen LogP contribution in [0, 0.1) is 23.7 Å². The van der Waals surface area contributed by atoms with E-state index in [1.165, 1.54) is 12.1 Å². The van der Waals surface area contributed by atoms with Gasteiger partial charge in [-0.1, -0.05) is 11.6 Å². The smallest absolute Gasteiger partial charge is 0.406 e. The second-order valence-electron chi connectivity index (χ2n) is 6.52. The number of hydrogen-bond acceptors (Lipinski definition) is 3. The minimum atomic E-state index is -4.78. The monoisotopic (exact) mass is 337 g/mol. The van der Waals surface area contributed by atoms with Crippen molar-refractivity contribution in [3.8, 4) is 5.75 Å². The summed E-state index contributed by atoms with van der Waals surface area (Å²) in [5.74, 6) is -1.37. The molecule has 0 aromatic heterocycles. The van der Waals surface area contributed by atoms with Crippen molar-refractivity contribution in [2.75, 3.05) is 4.90 Å². The Balaban J connectivity index is 1.60. The molecule has 0 spiro atoms. The Bertz CT molecular complexity index is 753. The molecule has 2 bridgehead atoms. The average Bonchev–Trinajstić information content (AvgIpc) is 3.10. The summed E-state index contributed by atoms with van der Waals surface area (Å²) in [5.41, 5.74) is 1.43. The molecular weight excluding hydrogens is 323 g/mol. The summed E-state index contributed by atoms with van der Waals surface area (Å²) in [6.07, 6.45) is -1.87. The first-order chi connectivity index (χ1) is 11.3. The van der Waals surface area contributed by atoms with Crippen LogP contribution in [0.15, 0.2) is 35.9 Å². The van der Waals surface area contributed by atoms with E-state index >= 15 is 0 Å². The molecule has 1 aromatic carbocycles. The summed E-state index contributed by atoms with van der Waals surface area (Å²) in [4.78, 5) is 26.5. The third kappa shape index (κ3) is 2.14. The molecule has 0 radical (unpaired) electrons. The Labute approximate surface area is 135 Å². The summed E-state index contributed by atoms with van der Waals surface area (Å²) in [6.45, 7) is 1.98. The molecule has 4 rings (SSSR count). The number of carbonyl (C=O) groups excluding carboxylic acids is 2. The molecule has 0 unspecified atom stereocenters. The average molecular weight is 337 g/mol. The molecule has 1 aliphatic heterocycles. The van der Waals surface area contributed by atoms with E-state index in [1.54, 1.807) is 0 Å². The van der Waals surface area contributed by atoms with Crippen LogP contribution >= 0.6 is 0 Å². The predicted octanol–water partition coefficient (Wildman–Crippen LogP) is 3.29. The number of carbonyl (C=O) groups is 2. The van der Waals surface area contributed by atoms with Crippen molar-refractivity contribution >= 4 is 17.5 Å². The minimum Gasteiger partial charge on any atom is -0.406 e. The van der Waals surface area contributed by atoms with Gasteiger partial charge in [0, 0.05) is 0 Å². The molecule has 2 fully saturated rings. The fraction of sp³-hybridized carbons (Fsp3) is 0.412. The molecule has 2 aliphatic carbocycles. The molecule has 2 amide bonds. The zero-order chi connectivity index (χ0) is 17.2. The van der Waals surface area contributed by atoms with Gasteiger partial charge >= 0.3 is 6.36 Å². The van der Waals surface area contributed by atoms with Crippen LogP contribution in [0.25, 0.3) is 0 Å². The van der Waals surface area contributed by atoms with E-state index in [9.17, 15) is 22.8 Å². The zero-order valence-electron chi connectivity index (χ0n) is 12.7. The van der Waals surface area contributed by atoms with Gasteiger partial charge in [0.1, 0.15) is 5.75 Å². The van der Waals surface area contributed by atoms with Gasteiger partial charge in [-0.3, -0.25) is 14.5 Å². The number of alkyl halides is 3. The summed E-state index contributed by atoms with van der Waals surface area (Å²) in [5, 5.41) is 0. The number of hydrogen-bond donors (Lipinski definition) is 0. The van der Waals surface area contributed by atoms with Crippen LogP contribution in [0.5, 0.6) is 5.75 Å². The Morgan fingerprint density at radius 2 is 1.71 bits per heavy atom. The van der Waals surface area contributed by atoms with Gasteiger partial charge in [0.2, 0.25) is 11.8 Å². The molecule has 1 saturated carbocycles. The van der Waals surface area contributed by atoms with Crippen molar-refractivity contribution in [2.45, 2.75) is 19.7 Å². The van der Waals surface area contributed by atoms with E-state index in [-0.39, 0.29) is 46.9 Å². The molecule has 24 heavy (non-hydrogen) atoms. The van der Waals surface area contributed by atoms with Crippen LogP contribution < -0.4 is 9.64 Å². The van der Waals surface area contributed by atoms with E-state index in [1.807, 2.05) is 6.92 Å². The number of anilines is 1. The number of ether oxygens (including phenoxy) is 1. The maximum absolute atomic E-state index is 12.7. The Kier molecular flexibility index (Phi) is 3.07. The van der Waals surface area contributed by atoms with Crippen molar-refractivity contribution in [1.29, 1.82) is 0 Å². The number of halogens is 3. The second-order valence-corrected chi connectivity index (χ2v) is 6.52. The first-order valence-electron chi connectivity index (χ1n) is 7.68. The van der Waals surface area contributed by atoms with Gasteiger partial charge in [-0.05, 0) is 49.4 Å². The highest BCUT2D eigenvalue weighted by Gasteiger charge is 2.60. The third-order valence-electron chi connectivity index (χ3n) is 5.21. The number of nitrogens with zero attached hydrogens (tertiary/aromatic N) is 1. The Morgan fingerprint density at radius 3 is 2.33 bits per heavy atom. The maximum atomic E-state index is 12.7. The fourth-order valence-electron chi connectivity index (χ4n) is 4.33. The predicted molar refractivity (Wildman–Crippen MR) is 78.0 cm³/mol. The lowest BCUT2D eigenvalue weighted by Crippen LogP contribution is -2.32. The van der Waals surface area contributed by atoms with Crippen molar-refractivity contribution < 1.29 is 27.5 Å². The molecule has 0 N–H and O–H groups in total. The number of imide groups is 1. The maximum Gasteiger partial charge on any atom is 0.573 e. The van der Waals surface area contributed by atoms with Crippen molar-refractivity contribution in [3.05, 3.63) is 35.9 Å². The highest BCUT2D eigenvalue weighted by Crippen LogP contribution is 2.55. The summed E-state index contributed by atoms with van der Waals surface area (Å²) in [7, 11) is 0. The first kappa shape index (κ1) is 15.2. The van der Waals surface area contributed by atoms with E-state index < -0.39 is 6.36 Å². The number of fused-ring (bicyclic) bond motifs is 5. The van der Waals surface area contributed by atoms with Gasteiger partial charge in [0.05, 0.1) is 17.5 Å². The Morgan fingerprint density at radius 1 is 1.08 bits per heavy atom. The fourth-order valence-corrected chi connectivity index (χ4v) is 4.33. The van der Waals surface area contributed by atoms with Gasteiger partial charge in [0.25, 0.3) is 0 Å². The molecule has 7 heteroatoms. The molecule has 1 aromatic rings. The summed E-state index contributed by atoms with van der Waals surface area (Å²) in [6, 6.07) is 4.82. The van der Waals surface area contributed by atoms with Crippen molar-refractivity contribution in [3.63, 3.8) is 0 Å². The normalized spacial score (nSPS) is 31.5. The quantitative estimate of drug-likeness (QED) is 0.615. The van der Waals surface area contributed by atoms with Crippen molar-refractivity contribution in [2.24, 2.45) is 23.7 Å². The molecular formula is C17H14F3NO3. The second kappa shape index (κ2) is 4.84. The minimum absolute atomic E-state index is 0.0919. The van der Waals surface area contributed by atoms with E-state index in [4.69, 9.17) is 0 Å². The molecule has 4 atom stereocenters. The zero-order valence-corrected chi connectivity index (χ0v) is 12.7. The lowest BCUT2D eigenvalue weighted by molar-refractivity contribution is -0.274. The van der Waals surface area contributed by atoms with E-state index in [0.29, 0.717) is 0 Å². The number of rotatable bonds is 2. The number of allylic oxidation sites excluding steroid dienone is 2.